The van der Waals surface area contributed by atoms with Crippen molar-refractivity contribution in [2.75, 3.05) is 7.11 Å². The van der Waals surface area contributed by atoms with Crippen LogP contribution in [0.3, 0.4) is 0 Å². The van der Waals surface area contributed by atoms with Gasteiger partial charge in [0.25, 0.3) is 0 Å². The van der Waals surface area contributed by atoms with Crippen molar-refractivity contribution in [2.24, 2.45) is 5.41 Å². The van der Waals surface area contributed by atoms with Crippen LogP contribution in [0.4, 0.5) is 0 Å². The maximum Gasteiger partial charge on any atom is 0.309 e. The van der Waals surface area contributed by atoms with Crippen molar-refractivity contribution in [2.45, 2.75) is 19.3 Å². The van der Waals surface area contributed by atoms with Crippen LogP contribution in [0, 0.1) is 5.41 Å². The Morgan fingerprint density at radius 3 is 2.69 bits per heavy atom. The molecule has 86 valence electrons. The third kappa shape index (κ3) is 1.83. The number of phenolic OH excluding ortho intramolecular Hbond substituents is 1. The van der Waals surface area contributed by atoms with E-state index in [-0.39, 0.29) is 5.75 Å². The van der Waals surface area contributed by atoms with Gasteiger partial charge in [-0.3, -0.25) is 4.79 Å². The predicted octanol–water partition coefficient (Wildman–Crippen LogP) is 1.81. The molecule has 0 bridgehead atoms. The summed E-state index contributed by atoms with van der Waals surface area (Å²) in [4.78, 5) is 11.0. The predicted molar refractivity (Wildman–Crippen MR) is 57.7 cm³/mol. The van der Waals surface area contributed by atoms with Crippen molar-refractivity contribution in [3.63, 3.8) is 0 Å². The van der Waals surface area contributed by atoms with Gasteiger partial charge in [-0.15, -0.1) is 0 Å². The van der Waals surface area contributed by atoms with Crippen LogP contribution < -0.4 is 4.74 Å². The zero-order valence-electron chi connectivity index (χ0n) is 9.06. The minimum atomic E-state index is -0.737. The second kappa shape index (κ2) is 3.70. The average molecular weight is 222 g/mol. The van der Waals surface area contributed by atoms with Gasteiger partial charge >= 0.3 is 5.97 Å². The van der Waals surface area contributed by atoms with Crippen LogP contribution >= 0.6 is 0 Å². The second-order valence-corrected chi connectivity index (χ2v) is 4.27. The highest BCUT2D eigenvalue weighted by Crippen LogP contribution is 2.49. The summed E-state index contributed by atoms with van der Waals surface area (Å²) in [6.07, 6.45) is 1.95. The first-order chi connectivity index (χ1) is 7.57. The van der Waals surface area contributed by atoms with E-state index >= 15 is 0 Å². The van der Waals surface area contributed by atoms with E-state index in [1.807, 2.05) is 0 Å². The van der Waals surface area contributed by atoms with Crippen LogP contribution in [0.5, 0.6) is 11.5 Å². The van der Waals surface area contributed by atoms with Crippen molar-refractivity contribution in [3.05, 3.63) is 23.8 Å². The third-order valence-corrected chi connectivity index (χ3v) is 3.09. The number of rotatable bonds is 4. The number of carboxylic acid groups (broad SMARTS) is 1. The Morgan fingerprint density at radius 2 is 2.19 bits per heavy atom. The van der Waals surface area contributed by atoms with Gasteiger partial charge in [0.1, 0.15) is 0 Å². The average Bonchev–Trinajstić information content (AvgIpc) is 3.02. The van der Waals surface area contributed by atoms with Gasteiger partial charge in [-0.2, -0.15) is 0 Å². The number of methoxy groups -OCH3 is 1. The minimum Gasteiger partial charge on any atom is -0.504 e. The fourth-order valence-corrected chi connectivity index (χ4v) is 1.84. The molecule has 0 spiro atoms. The van der Waals surface area contributed by atoms with E-state index in [1.165, 1.54) is 13.2 Å². The lowest BCUT2D eigenvalue weighted by Gasteiger charge is -2.11. The molecule has 1 aliphatic rings. The lowest BCUT2D eigenvalue weighted by atomic mass is 9.96. The monoisotopic (exact) mass is 222 g/mol. The molecule has 0 radical (unpaired) electrons. The molecule has 4 heteroatoms. The summed E-state index contributed by atoms with van der Waals surface area (Å²) in [5.74, 6) is -0.273. The fraction of sp³-hybridized carbons (Fsp3) is 0.417. The van der Waals surface area contributed by atoms with E-state index < -0.39 is 11.4 Å². The van der Waals surface area contributed by atoms with Gasteiger partial charge in [0.05, 0.1) is 12.5 Å². The molecule has 0 amide bonds. The molecule has 1 fully saturated rings. The minimum absolute atomic E-state index is 0.0754. The molecule has 2 N–H and O–H groups in total. The van der Waals surface area contributed by atoms with Crippen molar-refractivity contribution in [1.82, 2.24) is 0 Å². The molecule has 16 heavy (non-hydrogen) atoms. The summed E-state index contributed by atoms with van der Waals surface area (Å²) < 4.78 is 4.98. The summed E-state index contributed by atoms with van der Waals surface area (Å²) >= 11 is 0. The van der Waals surface area contributed by atoms with Gasteiger partial charge in [0.15, 0.2) is 11.5 Å². The number of aliphatic carboxylic acids is 1. The van der Waals surface area contributed by atoms with E-state index in [0.29, 0.717) is 12.2 Å². The molecule has 1 aromatic carbocycles. The smallest absolute Gasteiger partial charge is 0.309 e. The van der Waals surface area contributed by atoms with Crippen LogP contribution in [0.2, 0.25) is 0 Å². The van der Waals surface area contributed by atoms with Crippen molar-refractivity contribution < 1.29 is 19.7 Å². The van der Waals surface area contributed by atoms with Gasteiger partial charge < -0.3 is 14.9 Å². The van der Waals surface area contributed by atoms with E-state index in [2.05, 4.69) is 0 Å². The SMILES string of the molecule is COc1cc(CC2(C(=O)O)CC2)ccc1O. The van der Waals surface area contributed by atoms with Crippen LogP contribution in [0.25, 0.3) is 0 Å². The van der Waals surface area contributed by atoms with Crippen LogP contribution in [-0.4, -0.2) is 23.3 Å². The lowest BCUT2D eigenvalue weighted by molar-refractivity contribution is -0.143. The number of hydrogen-bond acceptors (Lipinski definition) is 3. The Balaban J connectivity index is 2.19. The molecule has 1 aliphatic carbocycles. The van der Waals surface area contributed by atoms with Crippen LogP contribution in [-0.2, 0) is 11.2 Å². The number of carboxylic acids is 1. The first-order valence-electron chi connectivity index (χ1n) is 5.17. The van der Waals surface area contributed by atoms with Gasteiger partial charge in [0.2, 0.25) is 0 Å². The molecule has 0 atom stereocenters. The largest absolute Gasteiger partial charge is 0.504 e. The number of aromatic hydroxyl groups is 1. The Bertz CT molecular complexity index is 421. The van der Waals surface area contributed by atoms with Crippen LogP contribution in [0.1, 0.15) is 18.4 Å². The molecule has 1 aromatic rings. The molecule has 2 rings (SSSR count). The molecule has 0 unspecified atom stereocenters. The number of ether oxygens (including phenoxy) is 1. The molecule has 0 aromatic heterocycles. The first kappa shape index (κ1) is 10.8. The normalized spacial score (nSPS) is 16.8. The Kier molecular flexibility index (Phi) is 2.50. The summed E-state index contributed by atoms with van der Waals surface area (Å²) in [7, 11) is 1.48. The summed E-state index contributed by atoms with van der Waals surface area (Å²) in [5.41, 5.74) is 0.302. The number of phenols is 1. The van der Waals surface area contributed by atoms with Crippen molar-refractivity contribution in [1.29, 1.82) is 0 Å². The lowest BCUT2D eigenvalue weighted by Crippen LogP contribution is -2.17. The van der Waals surface area contributed by atoms with Crippen molar-refractivity contribution >= 4 is 5.97 Å². The van der Waals surface area contributed by atoms with E-state index in [1.54, 1.807) is 12.1 Å². The van der Waals surface area contributed by atoms with E-state index in [4.69, 9.17) is 9.84 Å². The highest BCUT2D eigenvalue weighted by molar-refractivity contribution is 5.78. The van der Waals surface area contributed by atoms with E-state index in [9.17, 15) is 9.90 Å². The Hall–Kier alpha value is -1.71. The van der Waals surface area contributed by atoms with Gasteiger partial charge in [-0.05, 0) is 37.0 Å². The maximum atomic E-state index is 11.0. The third-order valence-electron chi connectivity index (χ3n) is 3.09. The molecule has 4 nitrogen and oxygen atoms in total. The molecular formula is C12H14O4. The number of hydrogen-bond donors (Lipinski definition) is 2. The fourth-order valence-electron chi connectivity index (χ4n) is 1.84. The number of carbonyl (C=O) groups is 1. The van der Waals surface area contributed by atoms with Gasteiger partial charge in [-0.25, -0.2) is 0 Å². The Morgan fingerprint density at radius 1 is 1.50 bits per heavy atom. The van der Waals surface area contributed by atoms with E-state index in [0.717, 1.165) is 18.4 Å². The summed E-state index contributed by atoms with van der Waals surface area (Å²) in [5, 5.41) is 18.5. The molecular weight excluding hydrogens is 208 g/mol. The van der Waals surface area contributed by atoms with Crippen molar-refractivity contribution in [3.8, 4) is 11.5 Å². The molecule has 0 saturated heterocycles. The zero-order chi connectivity index (χ0) is 11.8. The second-order valence-electron chi connectivity index (χ2n) is 4.27. The standard InChI is InChI=1S/C12H14O4/c1-16-10-6-8(2-3-9(10)13)7-12(4-5-12)11(14)15/h2-3,6,13H,4-5,7H2,1H3,(H,14,15). The topological polar surface area (TPSA) is 66.8 Å². The molecule has 1 saturated carbocycles. The van der Waals surface area contributed by atoms with Gasteiger partial charge in [-0.1, -0.05) is 6.07 Å². The highest BCUT2D eigenvalue weighted by atomic mass is 16.5. The molecule has 0 heterocycles. The molecule has 0 aliphatic heterocycles. The zero-order valence-corrected chi connectivity index (χ0v) is 9.06. The number of benzene rings is 1. The van der Waals surface area contributed by atoms with Gasteiger partial charge in [0, 0.05) is 0 Å². The Labute approximate surface area is 93.5 Å². The highest BCUT2D eigenvalue weighted by Gasteiger charge is 2.49. The maximum absolute atomic E-state index is 11.0. The summed E-state index contributed by atoms with van der Waals surface area (Å²) in [6.45, 7) is 0. The summed E-state index contributed by atoms with van der Waals surface area (Å²) in [6, 6.07) is 4.96. The quantitative estimate of drug-likeness (QED) is 0.815. The van der Waals surface area contributed by atoms with Crippen LogP contribution in [0.15, 0.2) is 18.2 Å². The first-order valence-corrected chi connectivity index (χ1v) is 5.17.